The second kappa shape index (κ2) is 5.31. The van der Waals surface area contributed by atoms with Crippen molar-refractivity contribution in [3.8, 4) is 5.69 Å². The average molecular weight is 272 g/mol. The van der Waals surface area contributed by atoms with Gasteiger partial charge in [0.05, 0.1) is 11.4 Å². The van der Waals surface area contributed by atoms with E-state index >= 15 is 0 Å². The largest absolute Gasteiger partial charge is 0.268 e. The van der Waals surface area contributed by atoms with E-state index in [2.05, 4.69) is 51.9 Å². The van der Waals surface area contributed by atoms with Gasteiger partial charge in [-0.3, -0.25) is 14.6 Å². The smallest absolute Gasteiger partial charge is 0.267 e. The normalized spacial score (nSPS) is 11.8. The van der Waals surface area contributed by atoms with Gasteiger partial charge in [-0.05, 0) is 25.0 Å². The molecule has 1 heterocycles. The summed E-state index contributed by atoms with van der Waals surface area (Å²) in [5, 5.41) is 3.02. The molecular weight excluding hydrogens is 248 g/mol. The lowest BCUT2D eigenvalue weighted by Crippen LogP contribution is -2.20. The van der Waals surface area contributed by atoms with Crippen LogP contribution in [0.15, 0.2) is 29.1 Å². The van der Waals surface area contributed by atoms with Gasteiger partial charge in [-0.1, -0.05) is 52.3 Å². The lowest BCUT2D eigenvalue weighted by molar-refractivity contribution is 0.536. The molecule has 0 unspecified atom stereocenters. The molecule has 0 saturated heterocycles. The Kier molecular flexibility index (Phi) is 3.89. The molecule has 0 aliphatic carbocycles. The molecule has 108 valence electrons. The summed E-state index contributed by atoms with van der Waals surface area (Å²) in [5.74, 6) is 0. The molecule has 1 aromatic heterocycles. The molecule has 2 rings (SSSR count). The van der Waals surface area contributed by atoms with E-state index in [1.54, 1.807) is 0 Å². The maximum Gasteiger partial charge on any atom is 0.267 e. The maximum absolute atomic E-state index is 12.3. The molecule has 20 heavy (non-hydrogen) atoms. The van der Waals surface area contributed by atoms with Crippen LogP contribution in [0, 0.1) is 6.92 Å². The average Bonchev–Trinajstić information content (AvgIpc) is 2.67. The first-order valence-corrected chi connectivity index (χ1v) is 7.26. The molecule has 0 radical (unpaired) electrons. The molecule has 2 aromatic rings. The zero-order valence-corrected chi connectivity index (χ0v) is 13.1. The van der Waals surface area contributed by atoms with Crippen LogP contribution in [0.5, 0.6) is 0 Å². The van der Waals surface area contributed by atoms with Gasteiger partial charge in [0.2, 0.25) is 0 Å². The van der Waals surface area contributed by atoms with Gasteiger partial charge in [0.15, 0.2) is 0 Å². The topological polar surface area (TPSA) is 37.8 Å². The Morgan fingerprint density at radius 3 is 2.40 bits per heavy atom. The molecule has 0 bridgehead atoms. The fourth-order valence-corrected chi connectivity index (χ4v) is 2.73. The molecule has 1 N–H and O–H groups in total. The van der Waals surface area contributed by atoms with Crippen LogP contribution in [0.1, 0.15) is 50.9 Å². The van der Waals surface area contributed by atoms with Crippen LogP contribution in [0.4, 0.5) is 0 Å². The van der Waals surface area contributed by atoms with Gasteiger partial charge in [-0.25, -0.2) is 0 Å². The highest BCUT2D eigenvalue weighted by atomic mass is 16.1. The Bertz CT molecular complexity index is 656. The number of rotatable bonds is 3. The SMILES string of the molecule is CCCc1c(C(C)(C)C)n(-c2ccccc2C)[nH]c1=O. The molecule has 0 fully saturated rings. The number of hydrogen-bond donors (Lipinski definition) is 1. The van der Waals surface area contributed by atoms with Crippen molar-refractivity contribution in [1.29, 1.82) is 0 Å². The Labute approximate surface area is 120 Å². The third-order valence-electron chi connectivity index (χ3n) is 3.56. The number of benzene rings is 1. The van der Waals surface area contributed by atoms with Crippen molar-refractivity contribution in [1.82, 2.24) is 9.78 Å². The first-order chi connectivity index (χ1) is 9.36. The highest BCUT2D eigenvalue weighted by Gasteiger charge is 2.26. The second-order valence-electron chi connectivity index (χ2n) is 6.39. The van der Waals surface area contributed by atoms with Gasteiger partial charge in [-0.15, -0.1) is 0 Å². The fourth-order valence-electron chi connectivity index (χ4n) is 2.73. The summed E-state index contributed by atoms with van der Waals surface area (Å²) in [7, 11) is 0. The Balaban J connectivity index is 2.75. The first-order valence-electron chi connectivity index (χ1n) is 7.26. The summed E-state index contributed by atoms with van der Waals surface area (Å²) in [5.41, 5.74) is 4.19. The van der Waals surface area contributed by atoms with Crippen molar-refractivity contribution >= 4 is 0 Å². The number of nitrogens with zero attached hydrogens (tertiary/aromatic N) is 1. The van der Waals surface area contributed by atoms with Gasteiger partial charge in [-0.2, -0.15) is 0 Å². The lowest BCUT2D eigenvalue weighted by Gasteiger charge is -2.23. The molecule has 0 aliphatic rings. The number of nitrogens with one attached hydrogen (secondary N) is 1. The van der Waals surface area contributed by atoms with Crippen LogP contribution in [0.3, 0.4) is 0 Å². The highest BCUT2D eigenvalue weighted by Crippen LogP contribution is 2.28. The van der Waals surface area contributed by atoms with Crippen LogP contribution in [0.2, 0.25) is 0 Å². The molecule has 3 heteroatoms. The molecule has 0 atom stereocenters. The van der Waals surface area contributed by atoms with Gasteiger partial charge in [0.1, 0.15) is 0 Å². The number of hydrogen-bond acceptors (Lipinski definition) is 1. The van der Waals surface area contributed by atoms with E-state index in [0.29, 0.717) is 0 Å². The summed E-state index contributed by atoms with van der Waals surface area (Å²) < 4.78 is 1.97. The summed E-state index contributed by atoms with van der Waals surface area (Å²) in [6, 6.07) is 8.15. The van der Waals surface area contributed by atoms with E-state index in [0.717, 1.165) is 35.3 Å². The van der Waals surface area contributed by atoms with Crippen molar-refractivity contribution < 1.29 is 0 Å². The van der Waals surface area contributed by atoms with Crippen molar-refractivity contribution in [2.75, 3.05) is 0 Å². The number of para-hydroxylation sites is 1. The summed E-state index contributed by atoms with van der Waals surface area (Å²) in [6.07, 6.45) is 1.80. The molecule has 0 spiro atoms. The van der Waals surface area contributed by atoms with Crippen molar-refractivity contribution in [2.45, 2.75) is 52.9 Å². The van der Waals surface area contributed by atoms with Crippen molar-refractivity contribution in [2.24, 2.45) is 0 Å². The molecule has 0 amide bonds. The van der Waals surface area contributed by atoms with E-state index < -0.39 is 0 Å². The molecule has 1 aromatic carbocycles. The van der Waals surface area contributed by atoms with Crippen LogP contribution in [-0.4, -0.2) is 9.78 Å². The second-order valence-corrected chi connectivity index (χ2v) is 6.39. The predicted molar refractivity (Wildman–Crippen MR) is 83.8 cm³/mol. The summed E-state index contributed by atoms with van der Waals surface area (Å²) in [4.78, 5) is 12.3. The fraction of sp³-hybridized carbons (Fsp3) is 0.471. The molecular formula is C17H24N2O. The number of aromatic nitrogens is 2. The van der Waals surface area contributed by atoms with Crippen LogP contribution in [-0.2, 0) is 11.8 Å². The third kappa shape index (κ3) is 2.58. The first kappa shape index (κ1) is 14.6. The minimum absolute atomic E-state index is 0.0417. The summed E-state index contributed by atoms with van der Waals surface area (Å²) >= 11 is 0. The standard InChI is InChI=1S/C17H24N2O/c1-6-9-13-15(17(3,4)5)19(18-16(13)20)14-11-8-7-10-12(14)2/h7-8,10-11H,6,9H2,1-5H3,(H,18,20). The van der Waals surface area contributed by atoms with Crippen LogP contribution < -0.4 is 5.56 Å². The van der Waals surface area contributed by atoms with E-state index in [1.807, 2.05) is 16.8 Å². The summed E-state index contributed by atoms with van der Waals surface area (Å²) in [6.45, 7) is 10.6. The minimum Gasteiger partial charge on any atom is -0.268 e. The molecule has 3 nitrogen and oxygen atoms in total. The molecule has 0 aliphatic heterocycles. The molecule has 0 saturated carbocycles. The Morgan fingerprint density at radius 1 is 1.20 bits per heavy atom. The van der Waals surface area contributed by atoms with E-state index in [4.69, 9.17) is 0 Å². The van der Waals surface area contributed by atoms with E-state index in [1.165, 1.54) is 0 Å². The monoisotopic (exact) mass is 272 g/mol. The Morgan fingerprint density at radius 2 is 1.85 bits per heavy atom. The van der Waals surface area contributed by atoms with E-state index in [-0.39, 0.29) is 11.0 Å². The van der Waals surface area contributed by atoms with Gasteiger partial charge in [0, 0.05) is 11.0 Å². The lowest BCUT2D eigenvalue weighted by atomic mass is 9.88. The zero-order valence-electron chi connectivity index (χ0n) is 13.1. The number of H-pyrrole nitrogens is 1. The van der Waals surface area contributed by atoms with Gasteiger partial charge < -0.3 is 0 Å². The zero-order chi connectivity index (χ0) is 14.9. The van der Waals surface area contributed by atoms with Gasteiger partial charge >= 0.3 is 0 Å². The van der Waals surface area contributed by atoms with Gasteiger partial charge in [0.25, 0.3) is 5.56 Å². The number of aromatic amines is 1. The number of aryl methyl sites for hydroxylation is 1. The Hall–Kier alpha value is -1.77. The minimum atomic E-state index is -0.0774. The highest BCUT2D eigenvalue weighted by molar-refractivity contribution is 5.43. The quantitative estimate of drug-likeness (QED) is 0.908. The van der Waals surface area contributed by atoms with E-state index in [9.17, 15) is 4.79 Å². The van der Waals surface area contributed by atoms with Crippen LogP contribution >= 0.6 is 0 Å². The van der Waals surface area contributed by atoms with Crippen molar-refractivity contribution in [3.05, 3.63) is 51.4 Å². The van der Waals surface area contributed by atoms with Crippen molar-refractivity contribution in [3.63, 3.8) is 0 Å². The van der Waals surface area contributed by atoms with Crippen LogP contribution in [0.25, 0.3) is 5.69 Å². The predicted octanol–water partition coefficient (Wildman–Crippen LogP) is 3.72. The maximum atomic E-state index is 12.3. The third-order valence-corrected chi connectivity index (χ3v) is 3.56.